The van der Waals surface area contributed by atoms with Gasteiger partial charge in [0.25, 0.3) is 5.69 Å². The second-order valence-corrected chi connectivity index (χ2v) is 7.12. The third-order valence-corrected chi connectivity index (χ3v) is 5.26. The normalized spacial score (nSPS) is 13.1. The minimum absolute atomic E-state index is 0.0745. The SMILES string of the molecule is CCCCC(CN)NS(=O)(=O)c1ccc([N+](=O)[O-])c2cccnc12. The van der Waals surface area contributed by atoms with Crippen molar-refractivity contribution in [1.82, 2.24) is 9.71 Å². The highest BCUT2D eigenvalue weighted by Crippen LogP contribution is 2.29. The average molecular weight is 352 g/mol. The molecule has 0 fully saturated rings. The van der Waals surface area contributed by atoms with E-state index in [1.165, 1.54) is 30.5 Å². The van der Waals surface area contributed by atoms with E-state index in [1.54, 1.807) is 0 Å². The molecule has 1 aromatic heterocycles. The largest absolute Gasteiger partial charge is 0.329 e. The molecule has 9 heteroatoms. The van der Waals surface area contributed by atoms with Crippen LogP contribution in [0, 0.1) is 10.1 Å². The maximum Gasteiger partial charge on any atom is 0.278 e. The number of hydrogen-bond acceptors (Lipinski definition) is 6. The molecular formula is C15H20N4O4S. The van der Waals surface area contributed by atoms with Crippen molar-refractivity contribution in [2.45, 2.75) is 37.1 Å². The van der Waals surface area contributed by atoms with Crippen LogP contribution in [0.25, 0.3) is 10.9 Å². The third kappa shape index (κ3) is 3.86. The Kier molecular flexibility index (Phi) is 5.81. The van der Waals surface area contributed by atoms with E-state index in [0.717, 1.165) is 12.8 Å². The summed E-state index contributed by atoms with van der Waals surface area (Å²) in [6.45, 7) is 2.19. The van der Waals surface area contributed by atoms with Gasteiger partial charge in [0.05, 0.1) is 15.8 Å². The van der Waals surface area contributed by atoms with E-state index in [4.69, 9.17) is 5.73 Å². The monoisotopic (exact) mass is 352 g/mol. The Hall–Kier alpha value is -2.10. The number of fused-ring (bicyclic) bond motifs is 1. The molecule has 8 nitrogen and oxygen atoms in total. The first-order valence-corrected chi connectivity index (χ1v) is 9.13. The fourth-order valence-electron chi connectivity index (χ4n) is 2.47. The van der Waals surface area contributed by atoms with Crippen LogP contribution in [0.15, 0.2) is 35.4 Å². The molecule has 0 radical (unpaired) electrons. The van der Waals surface area contributed by atoms with Crippen molar-refractivity contribution in [2.75, 3.05) is 6.54 Å². The number of hydrogen-bond donors (Lipinski definition) is 2. The van der Waals surface area contributed by atoms with E-state index in [1.807, 2.05) is 6.92 Å². The van der Waals surface area contributed by atoms with Gasteiger partial charge in [0.15, 0.2) is 0 Å². The van der Waals surface area contributed by atoms with Crippen molar-refractivity contribution in [3.63, 3.8) is 0 Å². The molecule has 1 atom stereocenters. The van der Waals surface area contributed by atoms with Crippen LogP contribution >= 0.6 is 0 Å². The second kappa shape index (κ2) is 7.65. The summed E-state index contributed by atoms with van der Waals surface area (Å²) in [4.78, 5) is 14.5. The Bertz CT molecular complexity index is 838. The van der Waals surface area contributed by atoms with Gasteiger partial charge >= 0.3 is 0 Å². The van der Waals surface area contributed by atoms with Crippen LogP contribution in [0.4, 0.5) is 5.69 Å². The van der Waals surface area contributed by atoms with Gasteiger partial charge in [-0.1, -0.05) is 19.8 Å². The Morgan fingerprint density at radius 1 is 1.38 bits per heavy atom. The predicted molar refractivity (Wildman–Crippen MR) is 91.1 cm³/mol. The molecule has 0 amide bonds. The second-order valence-electron chi connectivity index (χ2n) is 5.44. The molecule has 0 aliphatic carbocycles. The third-order valence-electron chi connectivity index (χ3n) is 3.71. The fraction of sp³-hybridized carbons (Fsp3) is 0.400. The lowest BCUT2D eigenvalue weighted by atomic mass is 10.1. The van der Waals surface area contributed by atoms with Crippen LogP contribution in [-0.4, -0.2) is 30.9 Å². The zero-order valence-corrected chi connectivity index (χ0v) is 14.1. The number of nitrogens with zero attached hydrogens (tertiary/aromatic N) is 2. The minimum Gasteiger partial charge on any atom is -0.329 e. The number of nitro benzene ring substituents is 1. The Labute approximate surface area is 140 Å². The van der Waals surface area contributed by atoms with Crippen LogP contribution in [0.1, 0.15) is 26.2 Å². The van der Waals surface area contributed by atoms with Crippen molar-refractivity contribution < 1.29 is 13.3 Å². The standard InChI is InChI=1S/C15H20N4O4S/c1-2-3-5-11(10-16)18-24(22,23)14-8-7-13(19(20)21)12-6-4-9-17-15(12)14/h4,6-9,11,18H,2-3,5,10,16H2,1H3. The predicted octanol–water partition coefficient (Wildman–Crippen LogP) is 1.94. The van der Waals surface area contributed by atoms with Crippen molar-refractivity contribution in [1.29, 1.82) is 0 Å². The number of benzene rings is 1. The number of pyridine rings is 1. The Morgan fingerprint density at radius 2 is 2.12 bits per heavy atom. The molecule has 2 rings (SSSR count). The molecule has 130 valence electrons. The van der Waals surface area contributed by atoms with Gasteiger partial charge in [0, 0.05) is 24.8 Å². The lowest BCUT2D eigenvalue weighted by Gasteiger charge is -2.17. The molecule has 0 spiro atoms. The summed E-state index contributed by atoms with van der Waals surface area (Å²) in [5.74, 6) is 0. The zero-order chi connectivity index (χ0) is 17.7. The number of nitrogens with one attached hydrogen (secondary N) is 1. The summed E-state index contributed by atoms with van der Waals surface area (Å²) >= 11 is 0. The molecule has 0 aliphatic rings. The molecule has 3 N–H and O–H groups in total. The smallest absolute Gasteiger partial charge is 0.278 e. The van der Waals surface area contributed by atoms with Crippen LogP contribution in [-0.2, 0) is 10.0 Å². The van der Waals surface area contributed by atoms with Gasteiger partial charge in [0.1, 0.15) is 4.90 Å². The summed E-state index contributed by atoms with van der Waals surface area (Å²) in [6, 6.07) is 5.02. The first-order valence-electron chi connectivity index (χ1n) is 7.65. The number of non-ortho nitro benzene ring substituents is 1. The van der Waals surface area contributed by atoms with Crippen LogP contribution in [0.2, 0.25) is 0 Å². The van der Waals surface area contributed by atoms with E-state index in [9.17, 15) is 18.5 Å². The number of nitro groups is 1. The van der Waals surface area contributed by atoms with Gasteiger partial charge in [-0.15, -0.1) is 0 Å². The maximum atomic E-state index is 12.7. The molecular weight excluding hydrogens is 332 g/mol. The van der Waals surface area contributed by atoms with Crippen LogP contribution in [0.3, 0.4) is 0 Å². The number of sulfonamides is 1. The quantitative estimate of drug-likeness (QED) is 0.552. The first kappa shape index (κ1) is 18.2. The number of aromatic nitrogens is 1. The highest BCUT2D eigenvalue weighted by Gasteiger charge is 2.25. The molecule has 0 bridgehead atoms. The summed E-state index contributed by atoms with van der Waals surface area (Å²) in [5.41, 5.74) is 5.54. The van der Waals surface area contributed by atoms with Crippen molar-refractivity contribution >= 4 is 26.6 Å². The number of unbranched alkanes of at least 4 members (excludes halogenated alkanes) is 1. The van der Waals surface area contributed by atoms with E-state index in [2.05, 4.69) is 9.71 Å². The zero-order valence-electron chi connectivity index (χ0n) is 13.3. The number of rotatable bonds is 8. The average Bonchev–Trinajstić information content (AvgIpc) is 2.57. The van der Waals surface area contributed by atoms with Gasteiger partial charge in [0.2, 0.25) is 10.0 Å². The summed E-state index contributed by atoms with van der Waals surface area (Å²) in [5, 5.41) is 11.3. The molecule has 0 aliphatic heterocycles. The Morgan fingerprint density at radius 3 is 2.75 bits per heavy atom. The van der Waals surface area contributed by atoms with E-state index >= 15 is 0 Å². The highest BCUT2D eigenvalue weighted by molar-refractivity contribution is 7.89. The lowest BCUT2D eigenvalue weighted by Crippen LogP contribution is -2.40. The number of nitrogens with two attached hydrogens (primary N) is 1. The maximum absolute atomic E-state index is 12.7. The molecule has 0 saturated carbocycles. The molecule has 0 saturated heterocycles. The summed E-state index contributed by atoms with van der Waals surface area (Å²) in [6.07, 6.45) is 3.82. The van der Waals surface area contributed by atoms with Crippen molar-refractivity contribution in [3.8, 4) is 0 Å². The van der Waals surface area contributed by atoms with E-state index in [-0.39, 0.29) is 34.1 Å². The summed E-state index contributed by atoms with van der Waals surface area (Å²) < 4.78 is 27.9. The summed E-state index contributed by atoms with van der Waals surface area (Å²) in [7, 11) is -3.89. The minimum atomic E-state index is -3.89. The fourth-order valence-corrected chi connectivity index (χ4v) is 3.91. The van der Waals surface area contributed by atoms with Crippen molar-refractivity contribution in [3.05, 3.63) is 40.6 Å². The van der Waals surface area contributed by atoms with Gasteiger partial charge in [-0.2, -0.15) is 0 Å². The topological polar surface area (TPSA) is 128 Å². The van der Waals surface area contributed by atoms with E-state index in [0.29, 0.717) is 6.42 Å². The lowest BCUT2D eigenvalue weighted by molar-refractivity contribution is -0.383. The van der Waals surface area contributed by atoms with Crippen LogP contribution < -0.4 is 10.5 Å². The molecule has 1 aromatic carbocycles. The van der Waals surface area contributed by atoms with Gasteiger partial charge in [-0.05, 0) is 24.6 Å². The molecule has 1 unspecified atom stereocenters. The molecule has 2 aromatic rings. The van der Waals surface area contributed by atoms with E-state index < -0.39 is 14.9 Å². The van der Waals surface area contributed by atoms with Gasteiger partial charge in [-0.3, -0.25) is 15.1 Å². The van der Waals surface area contributed by atoms with Crippen LogP contribution in [0.5, 0.6) is 0 Å². The van der Waals surface area contributed by atoms with Crippen molar-refractivity contribution in [2.24, 2.45) is 5.73 Å². The Balaban J connectivity index is 2.48. The molecule has 1 heterocycles. The first-order chi connectivity index (χ1) is 11.4. The van der Waals surface area contributed by atoms with Gasteiger partial charge in [-0.25, -0.2) is 13.1 Å². The van der Waals surface area contributed by atoms with Gasteiger partial charge < -0.3 is 5.73 Å². The molecule has 24 heavy (non-hydrogen) atoms. The highest BCUT2D eigenvalue weighted by atomic mass is 32.2.